The van der Waals surface area contributed by atoms with Crippen LogP contribution in [0.1, 0.15) is 45.1 Å². The van der Waals surface area contributed by atoms with Crippen LogP contribution >= 0.6 is 0 Å². The molecule has 2 aromatic heterocycles. The van der Waals surface area contributed by atoms with Crippen molar-refractivity contribution in [1.82, 2.24) is 25.8 Å². The highest BCUT2D eigenvalue weighted by atomic mass is 16.5. The lowest BCUT2D eigenvalue weighted by atomic mass is 10.1. The first kappa shape index (κ1) is 22.2. The van der Waals surface area contributed by atoms with Crippen molar-refractivity contribution in [2.45, 2.75) is 40.3 Å². The van der Waals surface area contributed by atoms with Gasteiger partial charge in [0.05, 0.1) is 25.5 Å². The lowest BCUT2D eigenvalue weighted by molar-refractivity contribution is 0.287. The molecule has 3 N–H and O–H groups in total. The van der Waals surface area contributed by atoms with Gasteiger partial charge in [0.1, 0.15) is 12.4 Å². The molecule has 0 aliphatic rings. The van der Waals surface area contributed by atoms with Gasteiger partial charge in [0.25, 0.3) is 0 Å². The SMILES string of the molecule is CCNC(=NCc1nc(-c2ccco2)n[nH]1)NC(C)c1ccc(OCC)c(OCC)c1. The second kappa shape index (κ2) is 11.1. The van der Waals surface area contributed by atoms with Gasteiger partial charge in [0.2, 0.25) is 5.82 Å². The number of guanidine groups is 1. The second-order valence-electron chi connectivity index (χ2n) is 6.72. The standard InChI is InChI=1S/C22H30N6O3/c1-5-23-22(24-14-20-26-21(28-27-20)18-9-8-12-31-18)25-15(4)16-10-11-17(29-6-2)19(13-16)30-7-3/h8-13,15H,5-7,14H2,1-4H3,(H2,23,24,25)(H,26,27,28). The number of nitrogens with one attached hydrogen (secondary N) is 3. The molecule has 31 heavy (non-hydrogen) atoms. The molecule has 0 saturated carbocycles. The Bertz CT molecular complexity index is 968. The average Bonchev–Trinajstić information content (AvgIpc) is 3.45. The summed E-state index contributed by atoms with van der Waals surface area (Å²) in [6.07, 6.45) is 1.59. The molecule has 1 aromatic carbocycles. The molecule has 3 aromatic rings. The Labute approximate surface area is 182 Å². The van der Waals surface area contributed by atoms with Crippen LogP contribution < -0.4 is 20.1 Å². The summed E-state index contributed by atoms with van der Waals surface area (Å²) in [6.45, 7) is 10.3. The molecule has 0 aliphatic heterocycles. The quantitative estimate of drug-likeness (QED) is 0.335. The predicted molar refractivity (Wildman–Crippen MR) is 119 cm³/mol. The molecular weight excluding hydrogens is 396 g/mol. The minimum atomic E-state index is 0.00101. The Morgan fingerprint density at radius 1 is 1.16 bits per heavy atom. The molecule has 166 valence electrons. The van der Waals surface area contributed by atoms with E-state index in [1.165, 1.54) is 0 Å². The number of hydrogen-bond acceptors (Lipinski definition) is 6. The fourth-order valence-corrected chi connectivity index (χ4v) is 2.98. The molecule has 0 spiro atoms. The van der Waals surface area contributed by atoms with Crippen molar-refractivity contribution in [1.29, 1.82) is 0 Å². The number of furan rings is 1. The van der Waals surface area contributed by atoms with Crippen molar-refractivity contribution in [3.8, 4) is 23.1 Å². The summed E-state index contributed by atoms with van der Waals surface area (Å²) >= 11 is 0. The van der Waals surface area contributed by atoms with Crippen LogP contribution in [0.5, 0.6) is 11.5 Å². The van der Waals surface area contributed by atoms with Crippen molar-refractivity contribution in [2.75, 3.05) is 19.8 Å². The van der Waals surface area contributed by atoms with Gasteiger partial charge in [-0.25, -0.2) is 9.98 Å². The highest BCUT2D eigenvalue weighted by Gasteiger charge is 2.13. The van der Waals surface area contributed by atoms with Gasteiger partial charge in [-0.2, -0.15) is 0 Å². The third-order valence-electron chi connectivity index (χ3n) is 4.43. The average molecular weight is 427 g/mol. The number of ether oxygens (including phenoxy) is 2. The molecule has 1 unspecified atom stereocenters. The zero-order valence-corrected chi connectivity index (χ0v) is 18.4. The number of nitrogens with zero attached hydrogens (tertiary/aromatic N) is 3. The van der Waals surface area contributed by atoms with Gasteiger partial charge in [-0.1, -0.05) is 6.07 Å². The maximum Gasteiger partial charge on any atom is 0.216 e. The number of rotatable bonds is 10. The summed E-state index contributed by atoms with van der Waals surface area (Å²) in [6, 6.07) is 9.59. The maximum atomic E-state index is 5.75. The van der Waals surface area contributed by atoms with E-state index in [2.05, 4.69) is 37.7 Å². The number of H-pyrrole nitrogens is 1. The van der Waals surface area contributed by atoms with Crippen LogP contribution in [-0.4, -0.2) is 40.9 Å². The van der Waals surface area contributed by atoms with Gasteiger partial charge in [-0.15, -0.1) is 5.10 Å². The monoisotopic (exact) mass is 426 g/mol. The molecule has 2 heterocycles. The fourth-order valence-electron chi connectivity index (χ4n) is 2.98. The highest BCUT2D eigenvalue weighted by molar-refractivity contribution is 5.80. The summed E-state index contributed by atoms with van der Waals surface area (Å²) in [5.74, 6) is 3.95. The Balaban J connectivity index is 1.69. The summed E-state index contributed by atoms with van der Waals surface area (Å²) in [5.41, 5.74) is 1.07. The first-order valence-corrected chi connectivity index (χ1v) is 10.5. The zero-order chi connectivity index (χ0) is 22.1. The molecular formula is C22H30N6O3. The maximum absolute atomic E-state index is 5.75. The molecule has 9 nitrogen and oxygen atoms in total. The van der Waals surface area contributed by atoms with Crippen molar-refractivity contribution in [3.63, 3.8) is 0 Å². The molecule has 0 amide bonds. The molecule has 1 atom stereocenters. The summed E-state index contributed by atoms with van der Waals surface area (Å²) in [7, 11) is 0. The summed E-state index contributed by atoms with van der Waals surface area (Å²) < 4.78 is 16.7. The van der Waals surface area contributed by atoms with Gasteiger partial charge in [-0.3, -0.25) is 5.10 Å². The Kier molecular flexibility index (Phi) is 7.91. The van der Waals surface area contributed by atoms with Gasteiger partial charge in [0, 0.05) is 6.54 Å². The lowest BCUT2D eigenvalue weighted by Gasteiger charge is -2.20. The van der Waals surface area contributed by atoms with Crippen LogP contribution in [0, 0.1) is 0 Å². The van der Waals surface area contributed by atoms with Crippen molar-refractivity contribution < 1.29 is 13.9 Å². The molecule has 0 radical (unpaired) electrons. The molecule has 0 bridgehead atoms. The minimum absolute atomic E-state index is 0.00101. The van der Waals surface area contributed by atoms with Crippen LogP contribution in [0.3, 0.4) is 0 Å². The fraction of sp³-hybridized carbons (Fsp3) is 0.409. The van der Waals surface area contributed by atoms with Gasteiger partial charge in [-0.05, 0) is 57.5 Å². The van der Waals surface area contributed by atoms with Crippen LogP contribution in [0.2, 0.25) is 0 Å². The van der Waals surface area contributed by atoms with E-state index >= 15 is 0 Å². The zero-order valence-electron chi connectivity index (χ0n) is 18.4. The predicted octanol–water partition coefficient (Wildman–Crippen LogP) is 3.68. The van der Waals surface area contributed by atoms with E-state index < -0.39 is 0 Å². The number of aliphatic imine (C=N–C) groups is 1. The van der Waals surface area contributed by atoms with E-state index in [0.29, 0.717) is 43.1 Å². The van der Waals surface area contributed by atoms with Crippen LogP contribution in [-0.2, 0) is 6.54 Å². The van der Waals surface area contributed by atoms with E-state index in [1.54, 1.807) is 12.3 Å². The molecule has 3 rings (SSSR count). The van der Waals surface area contributed by atoms with E-state index in [9.17, 15) is 0 Å². The topological polar surface area (TPSA) is 110 Å². The number of aromatic nitrogens is 3. The van der Waals surface area contributed by atoms with Crippen molar-refractivity contribution in [3.05, 3.63) is 48.0 Å². The second-order valence-corrected chi connectivity index (χ2v) is 6.72. The third kappa shape index (κ3) is 6.00. The smallest absolute Gasteiger partial charge is 0.216 e. The van der Waals surface area contributed by atoms with Gasteiger partial charge < -0.3 is 24.5 Å². The van der Waals surface area contributed by atoms with E-state index in [4.69, 9.17) is 13.9 Å². The Hall–Kier alpha value is -3.49. The molecule has 9 heteroatoms. The largest absolute Gasteiger partial charge is 0.490 e. The van der Waals surface area contributed by atoms with Crippen LogP contribution in [0.15, 0.2) is 46.0 Å². The lowest BCUT2D eigenvalue weighted by Crippen LogP contribution is -2.38. The number of hydrogen-bond donors (Lipinski definition) is 3. The number of benzene rings is 1. The summed E-state index contributed by atoms with van der Waals surface area (Å²) in [5, 5.41) is 13.8. The Morgan fingerprint density at radius 2 is 1.97 bits per heavy atom. The van der Waals surface area contributed by atoms with Crippen molar-refractivity contribution >= 4 is 5.96 Å². The molecule has 0 fully saturated rings. The number of aromatic amines is 1. The first-order chi connectivity index (χ1) is 15.1. The third-order valence-corrected chi connectivity index (χ3v) is 4.43. The first-order valence-electron chi connectivity index (χ1n) is 10.5. The normalized spacial score (nSPS) is 12.5. The van der Waals surface area contributed by atoms with E-state index in [1.807, 2.05) is 45.0 Å². The Morgan fingerprint density at radius 3 is 2.68 bits per heavy atom. The van der Waals surface area contributed by atoms with Crippen molar-refractivity contribution in [2.24, 2.45) is 4.99 Å². The summed E-state index contributed by atoms with van der Waals surface area (Å²) in [4.78, 5) is 9.05. The van der Waals surface area contributed by atoms with E-state index in [-0.39, 0.29) is 6.04 Å². The van der Waals surface area contributed by atoms with Gasteiger partial charge >= 0.3 is 0 Å². The minimum Gasteiger partial charge on any atom is -0.490 e. The van der Waals surface area contributed by atoms with Crippen LogP contribution in [0.4, 0.5) is 0 Å². The van der Waals surface area contributed by atoms with Crippen LogP contribution in [0.25, 0.3) is 11.6 Å². The van der Waals surface area contributed by atoms with E-state index in [0.717, 1.165) is 23.6 Å². The van der Waals surface area contributed by atoms with Gasteiger partial charge in [0.15, 0.2) is 23.2 Å². The highest BCUT2D eigenvalue weighted by Crippen LogP contribution is 2.30. The molecule has 0 aliphatic carbocycles. The molecule has 0 saturated heterocycles.